The third kappa shape index (κ3) is 5.24. The van der Waals surface area contributed by atoms with Crippen LogP contribution in [0.25, 0.3) is 6.08 Å². The van der Waals surface area contributed by atoms with Crippen molar-refractivity contribution < 1.29 is 23.8 Å². The average molecular weight is 447 g/mol. The van der Waals surface area contributed by atoms with Crippen LogP contribution in [0.4, 0.5) is 5.69 Å². The molecule has 0 aromatic heterocycles. The summed E-state index contributed by atoms with van der Waals surface area (Å²) in [5.41, 5.74) is 3.40. The molecule has 2 aromatic rings. The van der Waals surface area contributed by atoms with Crippen LogP contribution in [0.3, 0.4) is 0 Å². The minimum Gasteiger partial charge on any atom is -0.493 e. The lowest BCUT2D eigenvalue weighted by atomic mass is 9.83. The molecule has 1 aliphatic rings. The molecule has 0 atom stereocenters. The summed E-state index contributed by atoms with van der Waals surface area (Å²) >= 11 is 0. The number of para-hydroxylation sites is 1. The summed E-state index contributed by atoms with van der Waals surface area (Å²) in [6.07, 6.45) is 4.33. The number of carbonyl (C=O) groups is 2. The summed E-state index contributed by atoms with van der Waals surface area (Å²) in [7, 11) is 3.41. The number of hydrogen-bond acceptors (Lipinski definition) is 7. The van der Waals surface area contributed by atoms with E-state index in [1.807, 2.05) is 36.2 Å². The predicted molar refractivity (Wildman–Crippen MR) is 125 cm³/mol. The Morgan fingerprint density at radius 2 is 1.91 bits per heavy atom. The molecule has 0 saturated carbocycles. The first-order valence-electron chi connectivity index (χ1n) is 10.4. The van der Waals surface area contributed by atoms with E-state index in [2.05, 4.69) is 19.9 Å². The Bertz CT molecular complexity index is 1160. The number of benzene rings is 2. The highest BCUT2D eigenvalue weighted by Gasteiger charge is 2.38. The number of ketones is 1. The summed E-state index contributed by atoms with van der Waals surface area (Å²) in [4.78, 5) is 26.6. The zero-order valence-corrected chi connectivity index (χ0v) is 19.1. The zero-order valence-electron chi connectivity index (χ0n) is 19.1. The summed E-state index contributed by atoms with van der Waals surface area (Å²) in [5, 5.41) is 8.63. The van der Waals surface area contributed by atoms with Crippen molar-refractivity contribution in [3.05, 3.63) is 71.4 Å². The topological polar surface area (TPSA) is 88.9 Å². The van der Waals surface area contributed by atoms with Crippen LogP contribution in [-0.4, -0.2) is 39.1 Å². The molecule has 0 bridgehead atoms. The number of rotatable bonds is 8. The van der Waals surface area contributed by atoms with Crippen molar-refractivity contribution in [1.29, 1.82) is 5.26 Å². The van der Waals surface area contributed by atoms with Gasteiger partial charge in [-0.05, 0) is 35.4 Å². The molecule has 170 valence electrons. The molecule has 0 N–H and O–H groups in total. The predicted octanol–water partition coefficient (Wildman–Crippen LogP) is 4.03. The van der Waals surface area contributed by atoms with Gasteiger partial charge >= 0.3 is 5.97 Å². The monoisotopic (exact) mass is 446 g/mol. The van der Waals surface area contributed by atoms with Crippen molar-refractivity contribution in [2.75, 3.05) is 32.3 Å². The van der Waals surface area contributed by atoms with Gasteiger partial charge in [0.25, 0.3) is 0 Å². The number of methoxy groups -OCH3 is 1. The summed E-state index contributed by atoms with van der Waals surface area (Å²) in [6, 6.07) is 14.9. The Balaban J connectivity index is 1.61. The largest absolute Gasteiger partial charge is 0.493 e. The first-order chi connectivity index (χ1) is 15.8. The number of anilines is 1. The molecule has 3 rings (SSSR count). The molecule has 7 heteroatoms. The number of esters is 1. The van der Waals surface area contributed by atoms with Crippen molar-refractivity contribution >= 4 is 23.5 Å². The Hall–Kier alpha value is -4.05. The number of allylic oxidation sites excluding steroid dienone is 1. The quantitative estimate of drug-likeness (QED) is 0.447. The number of likely N-dealkylation sites (N-methyl/N-ethyl adjacent to an activating group) is 1. The minimum atomic E-state index is -0.632. The Labute approximate surface area is 193 Å². The van der Waals surface area contributed by atoms with E-state index in [9.17, 15) is 9.59 Å². The molecule has 0 aliphatic carbocycles. The van der Waals surface area contributed by atoms with Gasteiger partial charge < -0.3 is 19.1 Å². The van der Waals surface area contributed by atoms with Crippen LogP contribution in [0.5, 0.6) is 11.5 Å². The van der Waals surface area contributed by atoms with Crippen molar-refractivity contribution in [1.82, 2.24) is 0 Å². The average Bonchev–Trinajstić information content (AvgIpc) is 3.01. The SMILES string of the molecule is COc1cc(C=CC(=O)OCC(=O)C=C2N(C)c3ccccc3C2(C)C)ccc1OCC#N. The second-order valence-corrected chi connectivity index (χ2v) is 8.00. The molecule has 1 heterocycles. The second kappa shape index (κ2) is 10.0. The molecule has 0 saturated heterocycles. The van der Waals surface area contributed by atoms with Gasteiger partial charge in [-0.2, -0.15) is 5.26 Å². The second-order valence-electron chi connectivity index (χ2n) is 8.00. The number of carbonyl (C=O) groups excluding carboxylic acids is 2. The van der Waals surface area contributed by atoms with E-state index in [0.717, 1.165) is 16.9 Å². The van der Waals surface area contributed by atoms with Crippen LogP contribution in [0.15, 0.2) is 60.3 Å². The fraction of sp³-hybridized carbons (Fsp3) is 0.269. The highest BCUT2D eigenvalue weighted by Crippen LogP contribution is 2.46. The van der Waals surface area contributed by atoms with E-state index < -0.39 is 5.97 Å². The normalized spacial score (nSPS) is 15.2. The third-order valence-electron chi connectivity index (χ3n) is 5.49. The van der Waals surface area contributed by atoms with Gasteiger partial charge in [0.15, 0.2) is 30.5 Å². The maximum atomic E-state index is 12.5. The van der Waals surface area contributed by atoms with E-state index in [0.29, 0.717) is 17.1 Å². The van der Waals surface area contributed by atoms with Gasteiger partial charge in [0, 0.05) is 36.0 Å². The van der Waals surface area contributed by atoms with Crippen LogP contribution in [0.1, 0.15) is 25.0 Å². The third-order valence-corrected chi connectivity index (χ3v) is 5.49. The van der Waals surface area contributed by atoms with E-state index in [-0.39, 0.29) is 24.4 Å². The van der Waals surface area contributed by atoms with E-state index in [4.69, 9.17) is 19.5 Å². The van der Waals surface area contributed by atoms with Crippen LogP contribution in [0.2, 0.25) is 0 Å². The Morgan fingerprint density at radius 1 is 1.15 bits per heavy atom. The molecule has 33 heavy (non-hydrogen) atoms. The first kappa shape index (κ1) is 23.6. The summed E-state index contributed by atoms with van der Waals surface area (Å²) in [5.74, 6) is -0.0563. The fourth-order valence-corrected chi connectivity index (χ4v) is 3.82. The minimum absolute atomic E-state index is 0.0961. The number of ether oxygens (including phenoxy) is 3. The number of nitriles is 1. The van der Waals surface area contributed by atoms with Gasteiger partial charge in [-0.3, -0.25) is 4.79 Å². The molecule has 7 nitrogen and oxygen atoms in total. The van der Waals surface area contributed by atoms with Gasteiger partial charge in [-0.25, -0.2) is 4.79 Å². The van der Waals surface area contributed by atoms with Gasteiger partial charge in [-0.15, -0.1) is 0 Å². The van der Waals surface area contributed by atoms with E-state index >= 15 is 0 Å². The lowest BCUT2D eigenvalue weighted by Crippen LogP contribution is -2.25. The fourth-order valence-electron chi connectivity index (χ4n) is 3.82. The molecule has 0 fully saturated rings. The molecule has 0 spiro atoms. The molecule has 2 aromatic carbocycles. The molecule has 0 amide bonds. The van der Waals surface area contributed by atoms with Gasteiger partial charge in [0.05, 0.1) is 7.11 Å². The number of hydrogen-bond donors (Lipinski definition) is 0. The van der Waals surface area contributed by atoms with E-state index in [1.165, 1.54) is 13.2 Å². The van der Waals surface area contributed by atoms with Gasteiger partial charge in [0.1, 0.15) is 6.07 Å². The lowest BCUT2D eigenvalue weighted by molar-refractivity contribution is -0.141. The van der Waals surface area contributed by atoms with Crippen molar-refractivity contribution in [3.8, 4) is 17.6 Å². The summed E-state index contributed by atoms with van der Waals surface area (Å²) < 4.78 is 15.6. The number of nitrogens with zero attached hydrogens (tertiary/aromatic N) is 2. The van der Waals surface area contributed by atoms with Crippen LogP contribution in [-0.2, 0) is 19.7 Å². The van der Waals surface area contributed by atoms with Crippen molar-refractivity contribution in [3.63, 3.8) is 0 Å². The molecule has 0 unspecified atom stereocenters. The Kier molecular flexibility index (Phi) is 7.19. The highest BCUT2D eigenvalue weighted by molar-refractivity contribution is 5.96. The van der Waals surface area contributed by atoms with Crippen LogP contribution < -0.4 is 14.4 Å². The maximum Gasteiger partial charge on any atom is 0.331 e. The van der Waals surface area contributed by atoms with Gasteiger partial charge in [-0.1, -0.05) is 38.1 Å². The smallest absolute Gasteiger partial charge is 0.331 e. The molecule has 0 radical (unpaired) electrons. The molecular weight excluding hydrogens is 420 g/mol. The lowest BCUT2D eigenvalue weighted by Gasteiger charge is -2.23. The highest BCUT2D eigenvalue weighted by atomic mass is 16.5. The summed E-state index contributed by atoms with van der Waals surface area (Å²) in [6.45, 7) is 3.68. The first-order valence-corrected chi connectivity index (χ1v) is 10.4. The maximum absolute atomic E-state index is 12.5. The van der Waals surface area contributed by atoms with E-state index in [1.54, 1.807) is 30.4 Å². The van der Waals surface area contributed by atoms with Gasteiger partial charge in [0.2, 0.25) is 0 Å². The van der Waals surface area contributed by atoms with Crippen molar-refractivity contribution in [2.45, 2.75) is 19.3 Å². The Morgan fingerprint density at radius 3 is 2.61 bits per heavy atom. The van der Waals surface area contributed by atoms with Crippen LogP contribution >= 0.6 is 0 Å². The van der Waals surface area contributed by atoms with Crippen molar-refractivity contribution in [2.24, 2.45) is 0 Å². The zero-order chi connectivity index (χ0) is 24.0. The standard InChI is InChI=1S/C26H26N2O5/c1-26(2)20-7-5-6-8-21(20)28(3)24(26)16-19(29)17-33-25(30)12-10-18-9-11-22(32-14-13-27)23(15-18)31-4/h5-12,15-16H,14,17H2,1-4H3. The number of fused-ring (bicyclic) bond motifs is 1. The molecular formula is C26H26N2O5. The van der Waals surface area contributed by atoms with Crippen LogP contribution in [0, 0.1) is 11.3 Å². The molecule has 1 aliphatic heterocycles.